The van der Waals surface area contributed by atoms with E-state index >= 15 is 0 Å². The van der Waals surface area contributed by atoms with Crippen molar-refractivity contribution in [2.24, 2.45) is 0 Å². The van der Waals surface area contributed by atoms with Crippen LogP contribution < -0.4 is 5.32 Å². The number of aryl methyl sites for hydroxylation is 1. The van der Waals surface area contributed by atoms with Crippen molar-refractivity contribution >= 4 is 17.4 Å². The van der Waals surface area contributed by atoms with Crippen molar-refractivity contribution in [3.8, 4) is 0 Å². The van der Waals surface area contributed by atoms with Crippen LogP contribution >= 0.6 is 0 Å². The minimum Gasteiger partial charge on any atom is -0.441 e. The molecule has 0 bridgehead atoms. The standard InChI is InChI=1S/C12H13NO2.C3H6F3N.C2H6/c1-2-3-4-12-13-10-6-5-9(8-14)7-11(10)15-12;1-7-2-3(4,5)6;1-2/h5-8H,2-4H2,1H3;7H,2H2,1H3;1-2H3. The molecule has 0 fully saturated rings. The van der Waals surface area contributed by atoms with Gasteiger partial charge in [-0.2, -0.15) is 13.2 Å². The fourth-order valence-electron chi connectivity index (χ4n) is 1.70. The van der Waals surface area contributed by atoms with Gasteiger partial charge in [0.25, 0.3) is 0 Å². The average molecular weight is 346 g/mol. The van der Waals surface area contributed by atoms with E-state index in [-0.39, 0.29) is 0 Å². The molecule has 1 N–H and O–H groups in total. The molecule has 2 rings (SSSR count). The van der Waals surface area contributed by atoms with Crippen LogP contribution in [0.25, 0.3) is 11.1 Å². The van der Waals surface area contributed by atoms with Crippen molar-refractivity contribution in [1.29, 1.82) is 0 Å². The molecular formula is C17H25F3N2O2. The van der Waals surface area contributed by atoms with Crippen molar-refractivity contribution in [2.75, 3.05) is 13.6 Å². The Morgan fingerprint density at radius 2 is 1.96 bits per heavy atom. The summed E-state index contributed by atoms with van der Waals surface area (Å²) in [6, 6.07) is 5.30. The molecule has 0 saturated heterocycles. The van der Waals surface area contributed by atoms with Crippen molar-refractivity contribution in [2.45, 2.75) is 46.2 Å². The van der Waals surface area contributed by atoms with Gasteiger partial charge >= 0.3 is 6.18 Å². The number of benzene rings is 1. The second kappa shape index (κ2) is 11.6. The third-order valence-corrected chi connectivity index (χ3v) is 2.71. The Hall–Kier alpha value is -1.89. The van der Waals surface area contributed by atoms with E-state index in [4.69, 9.17) is 4.42 Å². The number of halogens is 3. The Bertz CT molecular complexity index is 595. The summed E-state index contributed by atoms with van der Waals surface area (Å²) in [6.45, 7) is 5.22. The van der Waals surface area contributed by atoms with Gasteiger partial charge in [0.05, 0.1) is 6.54 Å². The molecule has 1 aromatic heterocycles. The highest BCUT2D eigenvalue weighted by Gasteiger charge is 2.24. The highest BCUT2D eigenvalue weighted by Crippen LogP contribution is 2.17. The van der Waals surface area contributed by atoms with Crippen LogP contribution in [0.4, 0.5) is 13.2 Å². The van der Waals surface area contributed by atoms with Crippen molar-refractivity contribution in [3.63, 3.8) is 0 Å². The number of aromatic nitrogens is 1. The van der Waals surface area contributed by atoms with Gasteiger partial charge in [-0.1, -0.05) is 27.2 Å². The summed E-state index contributed by atoms with van der Waals surface area (Å²) in [5.74, 6) is 0.759. The molecule has 0 radical (unpaired) electrons. The molecule has 136 valence electrons. The SMILES string of the molecule is CC.CCCCc1nc2ccc(C=O)cc2o1.CNCC(F)(F)F. The lowest BCUT2D eigenvalue weighted by Crippen LogP contribution is -2.25. The number of alkyl halides is 3. The predicted octanol–water partition coefficient (Wildman–Crippen LogP) is 4.78. The van der Waals surface area contributed by atoms with Gasteiger partial charge in [-0.15, -0.1) is 0 Å². The molecule has 1 heterocycles. The molecule has 0 aliphatic carbocycles. The zero-order valence-corrected chi connectivity index (χ0v) is 14.5. The van der Waals surface area contributed by atoms with Gasteiger partial charge in [-0.3, -0.25) is 4.79 Å². The van der Waals surface area contributed by atoms with Gasteiger partial charge in [0.1, 0.15) is 11.8 Å². The summed E-state index contributed by atoms with van der Waals surface area (Å²) in [5, 5.41) is 1.98. The number of hydrogen-bond donors (Lipinski definition) is 1. The van der Waals surface area contributed by atoms with Crippen LogP contribution in [0.5, 0.6) is 0 Å². The number of unbranched alkanes of at least 4 members (excludes halogenated alkanes) is 1. The fourth-order valence-corrected chi connectivity index (χ4v) is 1.70. The maximum Gasteiger partial charge on any atom is 0.401 e. The zero-order chi connectivity index (χ0) is 18.6. The van der Waals surface area contributed by atoms with Gasteiger partial charge in [-0.05, 0) is 31.7 Å². The van der Waals surface area contributed by atoms with E-state index < -0.39 is 12.7 Å². The Balaban J connectivity index is 0.000000501. The number of rotatable bonds is 5. The van der Waals surface area contributed by atoms with Crippen molar-refractivity contribution < 1.29 is 22.4 Å². The van der Waals surface area contributed by atoms with Crippen LogP contribution in [0, 0.1) is 0 Å². The molecular weight excluding hydrogens is 321 g/mol. The van der Waals surface area contributed by atoms with Crippen LogP contribution in [0.1, 0.15) is 49.9 Å². The molecule has 0 aliphatic rings. The minimum absolute atomic E-state index is 0.626. The number of carbonyl (C=O) groups excluding carboxylic acids is 1. The summed E-state index contributed by atoms with van der Waals surface area (Å²) in [4.78, 5) is 14.9. The summed E-state index contributed by atoms with van der Waals surface area (Å²) in [5.41, 5.74) is 2.15. The summed E-state index contributed by atoms with van der Waals surface area (Å²) in [6.07, 6.45) is -0.185. The van der Waals surface area contributed by atoms with E-state index in [1.165, 1.54) is 7.05 Å². The first kappa shape index (κ1) is 22.1. The predicted molar refractivity (Wildman–Crippen MR) is 89.3 cm³/mol. The molecule has 0 saturated carbocycles. The lowest BCUT2D eigenvalue weighted by molar-refractivity contribution is -0.123. The van der Waals surface area contributed by atoms with E-state index in [1.54, 1.807) is 12.1 Å². The molecule has 4 nitrogen and oxygen atoms in total. The number of oxazole rings is 1. The number of hydrogen-bond acceptors (Lipinski definition) is 4. The van der Waals surface area contributed by atoms with Gasteiger partial charge in [0, 0.05) is 12.0 Å². The maximum atomic E-state index is 11.0. The van der Waals surface area contributed by atoms with Crippen molar-refractivity contribution in [1.82, 2.24) is 10.3 Å². The third kappa shape index (κ3) is 8.67. The Morgan fingerprint density at radius 1 is 1.29 bits per heavy atom. The largest absolute Gasteiger partial charge is 0.441 e. The monoisotopic (exact) mass is 346 g/mol. The fraction of sp³-hybridized carbons (Fsp3) is 0.529. The topological polar surface area (TPSA) is 55.1 Å². The highest BCUT2D eigenvalue weighted by molar-refractivity contribution is 5.83. The lowest BCUT2D eigenvalue weighted by Gasteiger charge is -2.01. The number of nitrogens with one attached hydrogen (secondary N) is 1. The molecule has 0 aliphatic heterocycles. The summed E-state index contributed by atoms with van der Waals surface area (Å²) >= 11 is 0. The number of fused-ring (bicyclic) bond motifs is 1. The number of nitrogens with zero attached hydrogens (tertiary/aromatic N) is 1. The zero-order valence-electron chi connectivity index (χ0n) is 14.5. The molecule has 1 aromatic carbocycles. The van der Waals surface area contributed by atoms with Crippen LogP contribution in [0.3, 0.4) is 0 Å². The second-order valence-electron chi connectivity index (χ2n) is 4.70. The molecule has 7 heteroatoms. The highest BCUT2D eigenvalue weighted by atomic mass is 19.4. The molecule has 2 aromatic rings. The maximum absolute atomic E-state index is 11.0. The first-order valence-corrected chi connectivity index (χ1v) is 7.95. The number of carbonyl (C=O) groups is 1. The van der Waals surface area contributed by atoms with Gasteiger partial charge in [0.15, 0.2) is 11.5 Å². The van der Waals surface area contributed by atoms with Crippen molar-refractivity contribution in [3.05, 3.63) is 29.7 Å². The quantitative estimate of drug-likeness (QED) is 0.792. The first-order valence-electron chi connectivity index (χ1n) is 7.95. The van der Waals surface area contributed by atoms with E-state index in [1.807, 2.05) is 25.2 Å². The van der Waals surface area contributed by atoms with E-state index in [0.29, 0.717) is 11.1 Å². The second-order valence-corrected chi connectivity index (χ2v) is 4.70. The first-order chi connectivity index (χ1) is 11.4. The van der Waals surface area contributed by atoms with Gasteiger partial charge in [-0.25, -0.2) is 4.98 Å². The molecule has 0 amide bonds. The van der Waals surface area contributed by atoms with E-state index in [0.717, 1.165) is 37.0 Å². The molecule has 0 spiro atoms. The average Bonchev–Trinajstić information content (AvgIpc) is 2.96. The molecule has 24 heavy (non-hydrogen) atoms. The van der Waals surface area contributed by atoms with Crippen LogP contribution in [-0.2, 0) is 6.42 Å². The normalized spacial score (nSPS) is 10.5. The summed E-state index contributed by atoms with van der Waals surface area (Å²) < 4.78 is 38.5. The van der Waals surface area contributed by atoms with Crippen LogP contribution in [0.15, 0.2) is 22.6 Å². The number of aldehydes is 1. The van der Waals surface area contributed by atoms with Gasteiger partial charge in [0.2, 0.25) is 0 Å². The van der Waals surface area contributed by atoms with E-state index in [2.05, 4.69) is 11.9 Å². The Morgan fingerprint density at radius 3 is 2.42 bits per heavy atom. The Labute approximate surface area is 140 Å². The molecule has 0 atom stereocenters. The van der Waals surface area contributed by atoms with E-state index in [9.17, 15) is 18.0 Å². The minimum atomic E-state index is -4.06. The van der Waals surface area contributed by atoms with Crippen LogP contribution in [-0.4, -0.2) is 31.0 Å². The Kier molecular flexibility index (Phi) is 10.7. The smallest absolute Gasteiger partial charge is 0.401 e. The van der Waals surface area contributed by atoms with Gasteiger partial charge < -0.3 is 9.73 Å². The molecule has 0 unspecified atom stereocenters. The summed E-state index contributed by atoms with van der Waals surface area (Å²) in [7, 11) is 1.26. The third-order valence-electron chi connectivity index (χ3n) is 2.71. The van der Waals surface area contributed by atoms with Crippen LogP contribution in [0.2, 0.25) is 0 Å². The lowest BCUT2D eigenvalue weighted by atomic mass is 10.2.